The molecular formula is C8H13N3O. The van der Waals surface area contributed by atoms with Crippen molar-refractivity contribution in [1.29, 1.82) is 0 Å². The third-order valence-electron chi connectivity index (χ3n) is 2.53. The Hall–Kier alpha value is -1.06. The summed E-state index contributed by atoms with van der Waals surface area (Å²) < 4.78 is 0. The number of aliphatic imine (C=N–C) groups is 1. The molecule has 1 saturated heterocycles. The van der Waals surface area contributed by atoms with E-state index >= 15 is 0 Å². The molecule has 0 saturated carbocycles. The summed E-state index contributed by atoms with van der Waals surface area (Å²) in [4.78, 5) is 17.5. The molecule has 0 aromatic heterocycles. The van der Waals surface area contributed by atoms with Crippen molar-refractivity contribution in [3.63, 3.8) is 0 Å². The lowest BCUT2D eigenvalue weighted by Crippen LogP contribution is -2.37. The van der Waals surface area contributed by atoms with Crippen LogP contribution in [0.3, 0.4) is 0 Å². The predicted molar refractivity (Wildman–Crippen MR) is 45.8 cm³/mol. The number of hydrogen-bond acceptors (Lipinski definition) is 3. The minimum absolute atomic E-state index is 0.106. The van der Waals surface area contributed by atoms with Crippen LogP contribution in [0, 0.1) is 5.92 Å². The molecule has 2 aliphatic rings. The van der Waals surface area contributed by atoms with Gasteiger partial charge in [0.2, 0.25) is 5.91 Å². The van der Waals surface area contributed by atoms with Crippen LogP contribution in [0.25, 0.3) is 0 Å². The fourth-order valence-corrected chi connectivity index (χ4v) is 1.91. The third kappa shape index (κ3) is 1.07. The van der Waals surface area contributed by atoms with E-state index in [4.69, 9.17) is 5.73 Å². The van der Waals surface area contributed by atoms with Crippen LogP contribution in [0.5, 0.6) is 0 Å². The lowest BCUT2D eigenvalue weighted by molar-refractivity contribution is -0.119. The molecular weight excluding hydrogens is 154 g/mol. The van der Waals surface area contributed by atoms with E-state index in [-0.39, 0.29) is 11.8 Å². The molecule has 0 bridgehead atoms. The van der Waals surface area contributed by atoms with Crippen LogP contribution in [-0.4, -0.2) is 36.3 Å². The summed E-state index contributed by atoms with van der Waals surface area (Å²) in [6, 6.07) is 0. The first-order valence-corrected chi connectivity index (χ1v) is 4.37. The summed E-state index contributed by atoms with van der Waals surface area (Å²) in [5.74, 6) is 0.609. The Bertz CT molecular complexity index is 236. The Morgan fingerprint density at radius 2 is 2.42 bits per heavy atom. The van der Waals surface area contributed by atoms with Crippen LogP contribution in [0.2, 0.25) is 0 Å². The molecule has 12 heavy (non-hydrogen) atoms. The maximum absolute atomic E-state index is 11.0. The fraction of sp³-hybridized carbons (Fsp3) is 0.750. The quantitative estimate of drug-likeness (QED) is 0.577. The molecule has 1 fully saturated rings. The van der Waals surface area contributed by atoms with Gasteiger partial charge >= 0.3 is 0 Å². The van der Waals surface area contributed by atoms with E-state index in [1.807, 2.05) is 0 Å². The van der Waals surface area contributed by atoms with Crippen LogP contribution in [0.4, 0.5) is 0 Å². The zero-order chi connectivity index (χ0) is 8.55. The van der Waals surface area contributed by atoms with Gasteiger partial charge in [0.15, 0.2) is 0 Å². The average molecular weight is 167 g/mol. The zero-order valence-electron chi connectivity index (χ0n) is 6.99. The number of nitrogens with zero attached hydrogens (tertiary/aromatic N) is 2. The number of amides is 1. The van der Waals surface area contributed by atoms with Gasteiger partial charge in [-0.05, 0) is 12.8 Å². The predicted octanol–water partition coefficient (Wildman–Crippen LogP) is -0.404. The lowest BCUT2D eigenvalue weighted by atomic mass is 10.1. The topological polar surface area (TPSA) is 58.7 Å². The van der Waals surface area contributed by atoms with E-state index in [9.17, 15) is 4.79 Å². The maximum Gasteiger partial charge on any atom is 0.228 e. The molecule has 0 aromatic carbocycles. The molecule has 2 N–H and O–H groups in total. The Balaban J connectivity index is 2.20. The molecule has 4 nitrogen and oxygen atoms in total. The molecule has 4 heteroatoms. The summed E-state index contributed by atoms with van der Waals surface area (Å²) in [6.07, 6.45) is 1.96. The largest absolute Gasteiger partial charge is 0.369 e. The van der Waals surface area contributed by atoms with E-state index in [0.29, 0.717) is 0 Å². The SMILES string of the molecule is NC(=O)C1CCN2CCCN=C12. The van der Waals surface area contributed by atoms with E-state index < -0.39 is 0 Å². The zero-order valence-corrected chi connectivity index (χ0v) is 6.99. The molecule has 2 rings (SSSR count). The van der Waals surface area contributed by atoms with Gasteiger partial charge in [-0.15, -0.1) is 0 Å². The highest BCUT2D eigenvalue weighted by molar-refractivity contribution is 6.04. The van der Waals surface area contributed by atoms with Gasteiger partial charge in [0.25, 0.3) is 0 Å². The maximum atomic E-state index is 11.0. The van der Waals surface area contributed by atoms with Crippen molar-refractivity contribution in [3.05, 3.63) is 0 Å². The molecule has 2 heterocycles. The fourth-order valence-electron chi connectivity index (χ4n) is 1.91. The Labute approximate surface area is 71.4 Å². The van der Waals surface area contributed by atoms with E-state index in [2.05, 4.69) is 9.89 Å². The van der Waals surface area contributed by atoms with Gasteiger partial charge in [0.05, 0.1) is 5.92 Å². The smallest absolute Gasteiger partial charge is 0.228 e. The van der Waals surface area contributed by atoms with Crippen molar-refractivity contribution < 1.29 is 4.79 Å². The summed E-state index contributed by atoms with van der Waals surface area (Å²) in [6.45, 7) is 2.85. The second-order valence-corrected chi connectivity index (χ2v) is 3.32. The number of amidine groups is 1. The van der Waals surface area contributed by atoms with Crippen LogP contribution < -0.4 is 5.73 Å². The first kappa shape index (κ1) is 7.58. The summed E-state index contributed by atoms with van der Waals surface area (Å²) >= 11 is 0. The number of primary amides is 1. The van der Waals surface area contributed by atoms with Gasteiger partial charge in [-0.3, -0.25) is 9.79 Å². The monoisotopic (exact) mass is 167 g/mol. The number of carbonyl (C=O) groups is 1. The number of hydrogen-bond donors (Lipinski definition) is 1. The van der Waals surface area contributed by atoms with Crippen molar-refractivity contribution in [3.8, 4) is 0 Å². The standard InChI is InChI=1S/C8H13N3O/c9-7(12)6-2-5-11-4-1-3-10-8(6)11/h6H,1-5H2,(H2,9,12). The lowest BCUT2D eigenvalue weighted by Gasteiger charge is -2.23. The van der Waals surface area contributed by atoms with E-state index in [1.54, 1.807) is 0 Å². The van der Waals surface area contributed by atoms with Crippen molar-refractivity contribution in [2.75, 3.05) is 19.6 Å². The average Bonchev–Trinajstić information content (AvgIpc) is 2.47. The van der Waals surface area contributed by atoms with Crippen LogP contribution in [0.1, 0.15) is 12.8 Å². The van der Waals surface area contributed by atoms with Gasteiger partial charge in [0.1, 0.15) is 5.84 Å². The van der Waals surface area contributed by atoms with Crippen LogP contribution in [0.15, 0.2) is 4.99 Å². The number of carbonyl (C=O) groups excluding carboxylic acids is 1. The van der Waals surface area contributed by atoms with Crippen molar-refractivity contribution in [2.45, 2.75) is 12.8 Å². The van der Waals surface area contributed by atoms with E-state index in [1.165, 1.54) is 0 Å². The van der Waals surface area contributed by atoms with Gasteiger partial charge in [-0.2, -0.15) is 0 Å². The number of rotatable bonds is 1. The highest BCUT2D eigenvalue weighted by atomic mass is 16.1. The summed E-state index contributed by atoms with van der Waals surface area (Å²) in [5, 5.41) is 0. The first-order chi connectivity index (χ1) is 5.79. The molecule has 1 unspecified atom stereocenters. The molecule has 0 aromatic rings. The van der Waals surface area contributed by atoms with Crippen LogP contribution >= 0.6 is 0 Å². The molecule has 1 amide bonds. The Morgan fingerprint density at radius 3 is 3.17 bits per heavy atom. The highest BCUT2D eigenvalue weighted by Crippen LogP contribution is 2.21. The normalized spacial score (nSPS) is 28.2. The minimum Gasteiger partial charge on any atom is -0.369 e. The first-order valence-electron chi connectivity index (χ1n) is 4.37. The van der Waals surface area contributed by atoms with Crippen LogP contribution in [-0.2, 0) is 4.79 Å². The van der Waals surface area contributed by atoms with Gasteiger partial charge < -0.3 is 10.6 Å². The Morgan fingerprint density at radius 1 is 1.58 bits per heavy atom. The van der Waals surface area contributed by atoms with Gasteiger partial charge in [-0.25, -0.2) is 0 Å². The van der Waals surface area contributed by atoms with Crippen molar-refractivity contribution in [2.24, 2.45) is 16.6 Å². The molecule has 2 aliphatic heterocycles. The minimum atomic E-state index is -0.224. The second kappa shape index (κ2) is 2.77. The third-order valence-corrected chi connectivity index (χ3v) is 2.53. The molecule has 0 aliphatic carbocycles. The van der Waals surface area contributed by atoms with Gasteiger partial charge in [-0.1, -0.05) is 0 Å². The van der Waals surface area contributed by atoms with Crippen molar-refractivity contribution in [1.82, 2.24) is 4.90 Å². The van der Waals surface area contributed by atoms with E-state index in [0.717, 1.165) is 38.3 Å². The number of fused-ring (bicyclic) bond motifs is 1. The molecule has 0 spiro atoms. The molecule has 1 atom stereocenters. The van der Waals surface area contributed by atoms with Crippen molar-refractivity contribution >= 4 is 11.7 Å². The summed E-state index contributed by atoms with van der Waals surface area (Å²) in [5.41, 5.74) is 5.26. The summed E-state index contributed by atoms with van der Waals surface area (Å²) in [7, 11) is 0. The van der Waals surface area contributed by atoms with Gasteiger partial charge in [0, 0.05) is 19.6 Å². The second-order valence-electron chi connectivity index (χ2n) is 3.32. The molecule has 66 valence electrons. The highest BCUT2D eigenvalue weighted by Gasteiger charge is 2.34. The molecule has 0 radical (unpaired) electrons. The Kier molecular flexibility index (Phi) is 1.75. The number of nitrogens with two attached hydrogens (primary N) is 1.